The van der Waals surface area contributed by atoms with Crippen molar-refractivity contribution < 1.29 is 26.8 Å². The number of nitrogens with zero attached hydrogens (tertiary/aromatic N) is 1. The number of hydrogen-bond acceptors (Lipinski definition) is 7. The Hall–Kier alpha value is -1.03. The van der Waals surface area contributed by atoms with Gasteiger partial charge in [-0.2, -0.15) is 8.42 Å². The molecule has 1 aromatic rings. The van der Waals surface area contributed by atoms with Crippen LogP contribution in [0.2, 0.25) is 0 Å². The third kappa shape index (κ3) is 5.23. The summed E-state index contributed by atoms with van der Waals surface area (Å²) in [5, 5.41) is 0. The van der Waals surface area contributed by atoms with Gasteiger partial charge >= 0.3 is 0 Å². The van der Waals surface area contributed by atoms with Crippen molar-refractivity contribution in [2.75, 3.05) is 34.1 Å². The largest absolute Gasteiger partial charge is 0.374 e. The number of hydrogen-bond donors (Lipinski definition) is 0. The van der Waals surface area contributed by atoms with Gasteiger partial charge in [0.15, 0.2) is 6.29 Å². The third-order valence-electron chi connectivity index (χ3n) is 3.80. The van der Waals surface area contributed by atoms with Crippen molar-refractivity contribution in [3.05, 3.63) is 35.9 Å². The molecule has 8 heteroatoms. The zero-order chi connectivity index (χ0) is 17.7. The molecule has 0 aromatic heterocycles. The molecule has 1 saturated heterocycles. The molecule has 1 heterocycles. The van der Waals surface area contributed by atoms with Crippen LogP contribution in [0.25, 0.3) is 0 Å². The lowest BCUT2D eigenvalue weighted by Gasteiger charge is -2.28. The van der Waals surface area contributed by atoms with Crippen LogP contribution in [0.4, 0.5) is 0 Å². The van der Waals surface area contributed by atoms with E-state index in [0.29, 0.717) is 6.61 Å². The molecule has 1 aliphatic rings. The Balaban J connectivity index is 2.04. The highest BCUT2D eigenvalue weighted by molar-refractivity contribution is 7.86. The standard InChI is InChI=1S/C16H25NO6S/c1-17(2)14-15(23-24(4,18)19)13(22-16(14)20-3)11-21-10-12-8-6-5-7-9-12/h5-9,13-16H,10-11H2,1-4H3/t13-,14-,15+,16+/m1/s1. The van der Waals surface area contributed by atoms with Crippen molar-refractivity contribution in [3.8, 4) is 0 Å². The van der Waals surface area contributed by atoms with E-state index in [-0.39, 0.29) is 12.6 Å². The molecule has 1 fully saturated rings. The van der Waals surface area contributed by atoms with Crippen LogP contribution >= 0.6 is 0 Å². The van der Waals surface area contributed by atoms with Crippen LogP contribution in [0.1, 0.15) is 5.56 Å². The predicted molar refractivity (Wildman–Crippen MR) is 89.0 cm³/mol. The average Bonchev–Trinajstić information content (AvgIpc) is 2.84. The van der Waals surface area contributed by atoms with Crippen LogP contribution in [0.5, 0.6) is 0 Å². The summed E-state index contributed by atoms with van der Waals surface area (Å²) in [5.41, 5.74) is 1.03. The summed E-state index contributed by atoms with van der Waals surface area (Å²) >= 11 is 0. The first-order valence-electron chi connectivity index (χ1n) is 7.66. The maximum absolute atomic E-state index is 11.6. The van der Waals surface area contributed by atoms with Gasteiger partial charge in [-0.3, -0.25) is 9.08 Å². The summed E-state index contributed by atoms with van der Waals surface area (Å²) < 4.78 is 45.3. The Labute approximate surface area is 143 Å². The lowest BCUT2D eigenvalue weighted by atomic mass is 10.1. The second-order valence-corrected chi connectivity index (χ2v) is 7.60. The lowest BCUT2D eigenvalue weighted by molar-refractivity contribution is -0.145. The van der Waals surface area contributed by atoms with Crippen LogP contribution in [-0.2, 0) is 35.1 Å². The molecule has 0 saturated carbocycles. The summed E-state index contributed by atoms with van der Waals surface area (Å²) in [6.45, 7) is 0.621. The molecule has 0 bridgehead atoms. The predicted octanol–water partition coefficient (Wildman–Crippen LogP) is 0.849. The Bertz CT molecular complexity index is 606. The van der Waals surface area contributed by atoms with E-state index in [4.69, 9.17) is 18.4 Å². The highest BCUT2D eigenvalue weighted by Gasteiger charge is 2.48. The van der Waals surface area contributed by atoms with Gasteiger partial charge in [0.1, 0.15) is 12.2 Å². The Kier molecular flexibility index (Phi) is 6.73. The van der Waals surface area contributed by atoms with E-state index in [1.807, 2.05) is 49.3 Å². The van der Waals surface area contributed by atoms with Crippen LogP contribution in [0, 0.1) is 0 Å². The van der Waals surface area contributed by atoms with E-state index in [9.17, 15) is 8.42 Å². The van der Waals surface area contributed by atoms with Gasteiger partial charge in [0.05, 0.1) is 25.5 Å². The lowest BCUT2D eigenvalue weighted by Crippen LogP contribution is -2.47. The number of likely N-dealkylation sites (N-methyl/N-ethyl adjacent to an activating group) is 1. The number of benzene rings is 1. The van der Waals surface area contributed by atoms with Crippen molar-refractivity contribution in [2.45, 2.75) is 31.1 Å². The van der Waals surface area contributed by atoms with E-state index >= 15 is 0 Å². The quantitative estimate of drug-likeness (QED) is 0.637. The van der Waals surface area contributed by atoms with E-state index in [1.54, 1.807) is 0 Å². The molecular weight excluding hydrogens is 334 g/mol. The minimum Gasteiger partial charge on any atom is -0.374 e. The second-order valence-electron chi connectivity index (χ2n) is 6.00. The molecule has 0 N–H and O–H groups in total. The van der Waals surface area contributed by atoms with Gasteiger partial charge < -0.3 is 14.2 Å². The summed E-state index contributed by atoms with van der Waals surface area (Å²) in [6, 6.07) is 9.37. The summed E-state index contributed by atoms with van der Waals surface area (Å²) in [7, 11) is 1.54. The van der Waals surface area contributed by atoms with Crippen molar-refractivity contribution in [1.29, 1.82) is 0 Å². The topological polar surface area (TPSA) is 74.3 Å². The zero-order valence-corrected chi connectivity index (χ0v) is 15.2. The van der Waals surface area contributed by atoms with E-state index in [2.05, 4.69) is 0 Å². The first kappa shape index (κ1) is 19.3. The molecule has 0 unspecified atom stereocenters. The van der Waals surface area contributed by atoms with Crippen molar-refractivity contribution in [1.82, 2.24) is 4.90 Å². The van der Waals surface area contributed by atoms with E-state index in [0.717, 1.165) is 11.8 Å². The van der Waals surface area contributed by atoms with Gasteiger partial charge in [-0.1, -0.05) is 30.3 Å². The summed E-state index contributed by atoms with van der Waals surface area (Å²) in [5.74, 6) is 0. The van der Waals surface area contributed by atoms with Crippen molar-refractivity contribution >= 4 is 10.1 Å². The first-order valence-corrected chi connectivity index (χ1v) is 9.48. The molecule has 1 aliphatic heterocycles. The molecule has 136 valence electrons. The molecular formula is C16H25NO6S. The Morgan fingerprint density at radius 2 is 1.88 bits per heavy atom. The molecule has 24 heavy (non-hydrogen) atoms. The van der Waals surface area contributed by atoms with Gasteiger partial charge in [-0.15, -0.1) is 0 Å². The van der Waals surface area contributed by atoms with E-state index < -0.39 is 28.6 Å². The molecule has 0 spiro atoms. The summed E-state index contributed by atoms with van der Waals surface area (Å²) in [4.78, 5) is 1.83. The monoisotopic (exact) mass is 359 g/mol. The third-order valence-corrected chi connectivity index (χ3v) is 4.37. The number of ether oxygens (including phenoxy) is 3. The van der Waals surface area contributed by atoms with Gasteiger partial charge in [-0.05, 0) is 19.7 Å². The Morgan fingerprint density at radius 3 is 2.42 bits per heavy atom. The minimum absolute atomic E-state index is 0.208. The normalized spacial score (nSPS) is 27.7. The van der Waals surface area contributed by atoms with Crippen LogP contribution in [-0.4, -0.2) is 71.9 Å². The highest BCUT2D eigenvalue weighted by atomic mass is 32.2. The molecule has 0 aliphatic carbocycles. The molecule has 0 radical (unpaired) electrons. The second kappa shape index (κ2) is 8.37. The summed E-state index contributed by atoms with van der Waals surface area (Å²) in [6.07, 6.45) is -0.796. The van der Waals surface area contributed by atoms with Crippen LogP contribution < -0.4 is 0 Å². The number of rotatable bonds is 8. The Morgan fingerprint density at radius 1 is 1.21 bits per heavy atom. The fourth-order valence-electron chi connectivity index (χ4n) is 2.76. The molecule has 0 amide bonds. The molecule has 1 aromatic carbocycles. The average molecular weight is 359 g/mol. The van der Waals surface area contributed by atoms with E-state index in [1.165, 1.54) is 7.11 Å². The van der Waals surface area contributed by atoms with Crippen LogP contribution in [0.3, 0.4) is 0 Å². The SMILES string of the molecule is CO[C@H]1O[C@H](COCc2ccccc2)[C@H](OS(C)(=O)=O)[C@H]1N(C)C. The minimum atomic E-state index is -3.63. The molecule has 4 atom stereocenters. The van der Waals surface area contributed by atoms with Crippen molar-refractivity contribution in [3.63, 3.8) is 0 Å². The van der Waals surface area contributed by atoms with Gasteiger partial charge in [0.2, 0.25) is 0 Å². The van der Waals surface area contributed by atoms with Crippen LogP contribution in [0.15, 0.2) is 30.3 Å². The van der Waals surface area contributed by atoms with Gasteiger partial charge in [0, 0.05) is 7.11 Å². The smallest absolute Gasteiger partial charge is 0.264 e. The van der Waals surface area contributed by atoms with Gasteiger partial charge in [0.25, 0.3) is 10.1 Å². The maximum Gasteiger partial charge on any atom is 0.264 e. The number of methoxy groups -OCH3 is 1. The molecule has 2 rings (SSSR count). The zero-order valence-electron chi connectivity index (χ0n) is 14.4. The fraction of sp³-hybridized carbons (Fsp3) is 0.625. The van der Waals surface area contributed by atoms with Gasteiger partial charge in [-0.25, -0.2) is 0 Å². The highest BCUT2D eigenvalue weighted by Crippen LogP contribution is 2.29. The van der Waals surface area contributed by atoms with Crippen molar-refractivity contribution in [2.24, 2.45) is 0 Å². The first-order chi connectivity index (χ1) is 11.3. The molecule has 7 nitrogen and oxygen atoms in total. The maximum atomic E-state index is 11.6. The fourth-order valence-corrected chi connectivity index (χ4v) is 3.40.